The molecule has 0 rings (SSSR count). The van der Waals surface area contributed by atoms with Crippen LogP contribution in [0.4, 0.5) is 0 Å². The zero-order valence-corrected chi connectivity index (χ0v) is 8.72. The van der Waals surface area contributed by atoms with Gasteiger partial charge in [-0.1, -0.05) is 0 Å². The van der Waals surface area contributed by atoms with Crippen LogP contribution in [-0.2, 0) is 9.59 Å². The fourth-order valence-corrected chi connectivity index (χ4v) is 0.932. The van der Waals surface area contributed by atoms with Gasteiger partial charge in [-0.05, 0) is 0 Å². The third-order valence-electron chi connectivity index (χ3n) is 2.05. The van der Waals surface area contributed by atoms with E-state index in [0.717, 1.165) is 0 Å². The molecular weight excluding hydrogens is 218 g/mol. The number of aliphatic hydroxyl groups is 3. The topological polar surface area (TPSA) is 159 Å². The number of carbonyl (C=O) groups is 2. The highest BCUT2D eigenvalue weighted by atomic mass is 16.3. The van der Waals surface area contributed by atoms with E-state index in [1.165, 1.54) is 0 Å². The Kier molecular flexibility index (Phi) is 5.89. The van der Waals surface area contributed by atoms with E-state index in [2.05, 4.69) is 5.32 Å². The first-order chi connectivity index (χ1) is 7.40. The number of hydrogen-bond donors (Lipinski definition) is 6. The maximum atomic E-state index is 11.4. The van der Waals surface area contributed by atoms with Crippen molar-refractivity contribution < 1.29 is 24.9 Å². The van der Waals surface area contributed by atoms with E-state index in [9.17, 15) is 9.59 Å². The van der Waals surface area contributed by atoms with Crippen LogP contribution < -0.4 is 16.8 Å². The van der Waals surface area contributed by atoms with Gasteiger partial charge in [0.25, 0.3) is 0 Å². The van der Waals surface area contributed by atoms with Crippen LogP contribution in [0.15, 0.2) is 0 Å². The predicted molar refractivity (Wildman–Crippen MR) is 53.9 cm³/mol. The van der Waals surface area contributed by atoms with E-state index in [4.69, 9.17) is 26.8 Å². The highest BCUT2D eigenvalue weighted by molar-refractivity contribution is 5.87. The van der Waals surface area contributed by atoms with Crippen molar-refractivity contribution in [1.29, 1.82) is 0 Å². The van der Waals surface area contributed by atoms with Crippen LogP contribution in [-0.4, -0.2) is 58.5 Å². The van der Waals surface area contributed by atoms with Gasteiger partial charge < -0.3 is 32.1 Å². The number of carbonyl (C=O) groups excluding carboxylic acids is 2. The number of hydrogen-bond acceptors (Lipinski definition) is 6. The van der Waals surface area contributed by atoms with Crippen molar-refractivity contribution >= 4 is 11.8 Å². The van der Waals surface area contributed by atoms with Gasteiger partial charge in [-0.15, -0.1) is 0 Å². The number of rotatable bonds is 7. The Labute approximate surface area is 92.2 Å². The van der Waals surface area contributed by atoms with Crippen LogP contribution in [0.1, 0.15) is 6.42 Å². The molecule has 2 amide bonds. The SMILES string of the molecule is NC(=O)CC(N)C(=O)NC(CO)(CO)CO. The first-order valence-electron chi connectivity index (χ1n) is 4.59. The van der Waals surface area contributed by atoms with Gasteiger partial charge in [0.2, 0.25) is 11.8 Å². The fraction of sp³-hybridized carbons (Fsp3) is 0.750. The van der Waals surface area contributed by atoms with Crippen LogP contribution in [0.25, 0.3) is 0 Å². The Balaban J connectivity index is 4.45. The number of nitrogens with two attached hydrogens (primary N) is 2. The predicted octanol–water partition coefficient (Wildman–Crippen LogP) is -3.98. The summed E-state index contributed by atoms with van der Waals surface area (Å²) < 4.78 is 0. The average Bonchev–Trinajstić information content (AvgIpc) is 2.25. The lowest BCUT2D eigenvalue weighted by Gasteiger charge is -2.29. The summed E-state index contributed by atoms with van der Waals surface area (Å²) in [6, 6.07) is -1.18. The zero-order chi connectivity index (χ0) is 12.8. The smallest absolute Gasteiger partial charge is 0.238 e. The van der Waals surface area contributed by atoms with Crippen molar-refractivity contribution in [3.8, 4) is 0 Å². The molecule has 0 aromatic carbocycles. The summed E-state index contributed by atoms with van der Waals surface area (Å²) in [6.07, 6.45) is -0.357. The molecule has 8 N–H and O–H groups in total. The maximum absolute atomic E-state index is 11.4. The molecule has 0 bridgehead atoms. The summed E-state index contributed by atoms with van der Waals surface area (Å²) in [5.74, 6) is -1.53. The van der Waals surface area contributed by atoms with Crippen molar-refractivity contribution in [3.05, 3.63) is 0 Å². The second-order valence-corrected chi connectivity index (χ2v) is 3.52. The standard InChI is InChI=1S/C8H17N3O5/c9-5(1-6(10)15)7(16)11-8(2-12,3-13)4-14/h5,12-14H,1-4,9H2,(H2,10,15)(H,11,16). The Hall–Kier alpha value is -1.22. The van der Waals surface area contributed by atoms with Crippen molar-refractivity contribution in [2.24, 2.45) is 11.5 Å². The number of primary amides is 1. The van der Waals surface area contributed by atoms with Gasteiger partial charge in [-0.25, -0.2) is 0 Å². The van der Waals surface area contributed by atoms with Crippen LogP contribution in [0.3, 0.4) is 0 Å². The van der Waals surface area contributed by atoms with E-state index in [1.807, 2.05) is 0 Å². The van der Waals surface area contributed by atoms with E-state index < -0.39 is 43.2 Å². The van der Waals surface area contributed by atoms with Crippen molar-refractivity contribution in [3.63, 3.8) is 0 Å². The largest absolute Gasteiger partial charge is 0.394 e. The Morgan fingerprint density at radius 2 is 1.62 bits per heavy atom. The summed E-state index contributed by atoms with van der Waals surface area (Å²) in [5, 5.41) is 28.9. The van der Waals surface area contributed by atoms with E-state index >= 15 is 0 Å². The number of amides is 2. The molecule has 8 nitrogen and oxygen atoms in total. The van der Waals surface area contributed by atoms with Crippen LogP contribution in [0, 0.1) is 0 Å². The molecule has 94 valence electrons. The molecule has 0 saturated heterocycles. The molecule has 1 unspecified atom stereocenters. The molecule has 0 heterocycles. The van der Waals surface area contributed by atoms with Gasteiger partial charge in [-0.3, -0.25) is 9.59 Å². The van der Waals surface area contributed by atoms with Gasteiger partial charge in [0.15, 0.2) is 0 Å². The van der Waals surface area contributed by atoms with Gasteiger partial charge in [0.1, 0.15) is 5.54 Å². The summed E-state index contributed by atoms with van der Waals surface area (Å²) in [7, 11) is 0. The highest BCUT2D eigenvalue weighted by Gasteiger charge is 2.31. The summed E-state index contributed by atoms with van der Waals surface area (Å²) in [6.45, 7) is -1.97. The maximum Gasteiger partial charge on any atom is 0.238 e. The minimum absolute atomic E-state index is 0.357. The Bertz CT molecular complexity index is 246. The number of nitrogens with one attached hydrogen (secondary N) is 1. The molecule has 0 fully saturated rings. The third-order valence-corrected chi connectivity index (χ3v) is 2.05. The molecule has 0 radical (unpaired) electrons. The summed E-state index contributed by atoms with van der Waals surface area (Å²) in [5.41, 5.74) is 8.63. The molecule has 8 heteroatoms. The van der Waals surface area contributed by atoms with E-state index in [1.54, 1.807) is 0 Å². The molecule has 0 aromatic rings. The zero-order valence-electron chi connectivity index (χ0n) is 8.72. The van der Waals surface area contributed by atoms with E-state index in [0.29, 0.717) is 0 Å². The van der Waals surface area contributed by atoms with Crippen LogP contribution in [0.5, 0.6) is 0 Å². The first kappa shape index (κ1) is 14.8. The second-order valence-electron chi connectivity index (χ2n) is 3.52. The molecule has 0 saturated carbocycles. The normalized spacial score (nSPS) is 13.2. The summed E-state index contributed by atoms with van der Waals surface area (Å²) in [4.78, 5) is 21.9. The molecule has 0 aliphatic heterocycles. The highest BCUT2D eigenvalue weighted by Crippen LogP contribution is 2.02. The average molecular weight is 235 g/mol. The lowest BCUT2D eigenvalue weighted by atomic mass is 10.0. The van der Waals surface area contributed by atoms with Crippen LogP contribution >= 0.6 is 0 Å². The molecule has 0 spiro atoms. The Morgan fingerprint density at radius 1 is 1.19 bits per heavy atom. The van der Waals surface area contributed by atoms with Crippen molar-refractivity contribution in [2.75, 3.05) is 19.8 Å². The van der Waals surface area contributed by atoms with Gasteiger partial charge in [-0.2, -0.15) is 0 Å². The molecule has 0 aliphatic rings. The fourth-order valence-electron chi connectivity index (χ4n) is 0.932. The monoisotopic (exact) mass is 235 g/mol. The van der Waals surface area contributed by atoms with E-state index in [-0.39, 0.29) is 6.42 Å². The molecule has 1 atom stereocenters. The molecular formula is C8H17N3O5. The van der Waals surface area contributed by atoms with Crippen LogP contribution in [0.2, 0.25) is 0 Å². The lowest BCUT2D eigenvalue weighted by molar-refractivity contribution is -0.129. The number of aliphatic hydroxyl groups excluding tert-OH is 3. The molecule has 0 aromatic heterocycles. The summed E-state index contributed by atoms with van der Waals surface area (Å²) >= 11 is 0. The quantitative estimate of drug-likeness (QED) is 0.264. The lowest BCUT2D eigenvalue weighted by Crippen LogP contribution is -2.60. The minimum Gasteiger partial charge on any atom is -0.394 e. The third kappa shape index (κ3) is 4.11. The Morgan fingerprint density at radius 3 is 1.94 bits per heavy atom. The second kappa shape index (κ2) is 6.38. The van der Waals surface area contributed by atoms with Gasteiger partial charge in [0, 0.05) is 0 Å². The van der Waals surface area contributed by atoms with Crippen molar-refractivity contribution in [1.82, 2.24) is 5.32 Å². The van der Waals surface area contributed by atoms with Gasteiger partial charge >= 0.3 is 0 Å². The minimum atomic E-state index is -1.55. The van der Waals surface area contributed by atoms with Crippen molar-refractivity contribution in [2.45, 2.75) is 18.0 Å². The first-order valence-corrected chi connectivity index (χ1v) is 4.59. The molecule has 0 aliphatic carbocycles. The molecule has 16 heavy (non-hydrogen) atoms. The van der Waals surface area contributed by atoms with Gasteiger partial charge in [0.05, 0.1) is 32.3 Å².